The van der Waals surface area contributed by atoms with Crippen LogP contribution in [-0.4, -0.2) is 24.8 Å². The molecule has 1 N–H and O–H groups in total. The van der Waals surface area contributed by atoms with Gasteiger partial charge in [-0.25, -0.2) is 0 Å². The lowest BCUT2D eigenvalue weighted by atomic mass is 9.74. The molecule has 2 rings (SSSR count). The summed E-state index contributed by atoms with van der Waals surface area (Å²) in [7, 11) is 0. The van der Waals surface area contributed by atoms with Crippen molar-refractivity contribution in [3.63, 3.8) is 0 Å². The van der Waals surface area contributed by atoms with E-state index >= 15 is 0 Å². The minimum atomic E-state index is 0.296. The minimum absolute atomic E-state index is 0.296. The summed E-state index contributed by atoms with van der Waals surface area (Å²) < 4.78 is 5.95. The summed E-state index contributed by atoms with van der Waals surface area (Å²) >= 11 is 0. The van der Waals surface area contributed by atoms with Gasteiger partial charge in [-0.3, -0.25) is 0 Å². The second kappa shape index (κ2) is 5.50. The molecule has 2 fully saturated rings. The van der Waals surface area contributed by atoms with Gasteiger partial charge in [0.1, 0.15) is 0 Å². The van der Waals surface area contributed by atoms with E-state index in [0.29, 0.717) is 11.6 Å². The lowest BCUT2D eigenvalue weighted by Gasteiger charge is -2.47. The van der Waals surface area contributed by atoms with Crippen LogP contribution in [0.2, 0.25) is 0 Å². The molecule has 16 heavy (non-hydrogen) atoms. The Kier molecular flexibility index (Phi) is 4.26. The highest BCUT2D eigenvalue weighted by Crippen LogP contribution is 2.42. The zero-order valence-electron chi connectivity index (χ0n) is 10.9. The molecular formula is C14H27NO. The lowest BCUT2D eigenvalue weighted by molar-refractivity contribution is -0.135. The molecule has 2 heteroatoms. The first kappa shape index (κ1) is 12.4. The predicted molar refractivity (Wildman–Crippen MR) is 67.6 cm³/mol. The number of nitrogens with one attached hydrogen (secondary N) is 1. The van der Waals surface area contributed by atoms with E-state index in [-0.39, 0.29) is 0 Å². The summed E-state index contributed by atoms with van der Waals surface area (Å²) in [6.45, 7) is 6.79. The van der Waals surface area contributed by atoms with E-state index in [9.17, 15) is 0 Å². The number of hydrogen-bond donors (Lipinski definition) is 1. The smallest absolute Gasteiger partial charge is 0.0697 e. The van der Waals surface area contributed by atoms with E-state index in [1.54, 1.807) is 0 Å². The average Bonchev–Trinajstić information content (AvgIpc) is 2.25. The molecule has 2 atom stereocenters. The van der Waals surface area contributed by atoms with Gasteiger partial charge in [-0.2, -0.15) is 0 Å². The van der Waals surface area contributed by atoms with Crippen molar-refractivity contribution in [3.8, 4) is 0 Å². The highest BCUT2D eigenvalue weighted by atomic mass is 16.5. The summed E-state index contributed by atoms with van der Waals surface area (Å²) in [4.78, 5) is 0. The van der Waals surface area contributed by atoms with E-state index in [1.807, 2.05) is 0 Å². The van der Waals surface area contributed by atoms with Gasteiger partial charge in [0.15, 0.2) is 0 Å². The fourth-order valence-electron chi connectivity index (χ4n) is 3.08. The Labute approximate surface area is 100 Å². The van der Waals surface area contributed by atoms with Crippen LogP contribution in [0.1, 0.15) is 58.8 Å². The van der Waals surface area contributed by atoms with Crippen molar-refractivity contribution in [2.24, 2.45) is 5.92 Å². The van der Waals surface area contributed by atoms with Crippen LogP contribution in [0.3, 0.4) is 0 Å². The van der Waals surface area contributed by atoms with Gasteiger partial charge < -0.3 is 10.1 Å². The van der Waals surface area contributed by atoms with E-state index < -0.39 is 0 Å². The Hall–Kier alpha value is -0.0800. The van der Waals surface area contributed by atoms with Crippen molar-refractivity contribution in [3.05, 3.63) is 0 Å². The van der Waals surface area contributed by atoms with Gasteiger partial charge in [-0.05, 0) is 51.0 Å². The van der Waals surface area contributed by atoms with Gasteiger partial charge in [-0.1, -0.05) is 20.3 Å². The summed E-state index contributed by atoms with van der Waals surface area (Å²) in [6, 6.07) is 0.716. The topological polar surface area (TPSA) is 21.3 Å². The van der Waals surface area contributed by atoms with Crippen molar-refractivity contribution in [1.82, 2.24) is 5.32 Å². The molecule has 94 valence electrons. The average molecular weight is 225 g/mol. The van der Waals surface area contributed by atoms with Gasteiger partial charge in [0, 0.05) is 12.6 Å². The predicted octanol–water partition coefficient (Wildman–Crippen LogP) is 3.11. The summed E-state index contributed by atoms with van der Waals surface area (Å²) in [6.07, 6.45) is 9.10. The Balaban J connectivity index is 1.69. The largest absolute Gasteiger partial charge is 0.375 e. The summed E-state index contributed by atoms with van der Waals surface area (Å²) in [5, 5.41) is 3.75. The van der Waals surface area contributed by atoms with Crippen LogP contribution in [0.4, 0.5) is 0 Å². The zero-order valence-corrected chi connectivity index (χ0v) is 10.9. The monoisotopic (exact) mass is 225 g/mol. The Morgan fingerprint density at radius 2 is 2.25 bits per heavy atom. The molecular weight excluding hydrogens is 198 g/mol. The third-order valence-corrected chi connectivity index (χ3v) is 4.29. The minimum Gasteiger partial charge on any atom is -0.375 e. The maximum atomic E-state index is 5.95. The van der Waals surface area contributed by atoms with E-state index in [4.69, 9.17) is 4.74 Å². The van der Waals surface area contributed by atoms with Crippen LogP contribution >= 0.6 is 0 Å². The molecule has 1 saturated carbocycles. The Morgan fingerprint density at radius 3 is 2.88 bits per heavy atom. The second-order valence-corrected chi connectivity index (χ2v) is 5.88. The summed E-state index contributed by atoms with van der Waals surface area (Å²) in [5.74, 6) is 0.824. The molecule has 1 aliphatic heterocycles. The van der Waals surface area contributed by atoms with Crippen LogP contribution in [0, 0.1) is 5.92 Å². The van der Waals surface area contributed by atoms with Crippen LogP contribution in [0.25, 0.3) is 0 Å². The van der Waals surface area contributed by atoms with Crippen LogP contribution in [-0.2, 0) is 4.74 Å². The van der Waals surface area contributed by atoms with E-state index in [2.05, 4.69) is 19.2 Å². The fraction of sp³-hybridized carbons (Fsp3) is 1.00. The number of rotatable bonds is 5. The van der Waals surface area contributed by atoms with Crippen molar-refractivity contribution in [1.29, 1.82) is 0 Å². The third-order valence-electron chi connectivity index (χ3n) is 4.29. The highest BCUT2D eigenvalue weighted by molar-refractivity contribution is 4.96. The van der Waals surface area contributed by atoms with Crippen molar-refractivity contribution in [2.75, 3.05) is 13.2 Å². The quantitative estimate of drug-likeness (QED) is 0.776. The van der Waals surface area contributed by atoms with Crippen molar-refractivity contribution in [2.45, 2.75) is 70.4 Å². The lowest BCUT2D eigenvalue weighted by Crippen LogP contribution is -2.51. The molecule has 1 heterocycles. The van der Waals surface area contributed by atoms with Gasteiger partial charge in [0.2, 0.25) is 0 Å². The number of ether oxygens (including phenoxy) is 1. The summed E-state index contributed by atoms with van der Waals surface area (Å²) in [5.41, 5.74) is 0.296. The highest BCUT2D eigenvalue weighted by Gasteiger charge is 2.42. The SMILES string of the molecule is CCCC(C)CNC1CCOC2(CCC2)C1. The maximum Gasteiger partial charge on any atom is 0.0697 e. The van der Waals surface area contributed by atoms with Gasteiger partial charge in [0.25, 0.3) is 0 Å². The normalized spacial score (nSPS) is 30.0. The molecule has 1 spiro atoms. The van der Waals surface area contributed by atoms with Crippen LogP contribution in [0.15, 0.2) is 0 Å². The molecule has 0 amide bonds. The van der Waals surface area contributed by atoms with Crippen LogP contribution < -0.4 is 5.32 Å². The first-order valence-corrected chi connectivity index (χ1v) is 7.11. The molecule has 1 aliphatic carbocycles. The molecule has 0 aromatic heterocycles. The van der Waals surface area contributed by atoms with Gasteiger partial charge >= 0.3 is 0 Å². The second-order valence-electron chi connectivity index (χ2n) is 5.88. The molecule has 0 bridgehead atoms. The van der Waals surface area contributed by atoms with E-state index in [0.717, 1.165) is 12.5 Å². The van der Waals surface area contributed by atoms with Gasteiger partial charge in [-0.15, -0.1) is 0 Å². The number of hydrogen-bond acceptors (Lipinski definition) is 2. The molecule has 0 radical (unpaired) electrons. The Morgan fingerprint density at radius 1 is 1.44 bits per heavy atom. The molecule has 2 aliphatic rings. The zero-order chi connectivity index (χ0) is 11.4. The fourth-order valence-corrected chi connectivity index (χ4v) is 3.08. The molecule has 0 aromatic carbocycles. The molecule has 2 nitrogen and oxygen atoms in total. The molecule has 0 aromatic rings. The van der Waals surface area contributed by atoms with Gasteiger partial charge in [0.05, 0.1) is 5.60 Å². The first-order chi connectivity index (χ1) is 7.74. The molecule has 1 saturated heterocycles. The van der Waals surface area contributed by atoms with Crippen LogP contribution in [0.5, 0.6) is 0 Å². The maximum absolute atomic E-state index is 5.95. The standard InChI is InChI=1S/C14H27NO/c1-3-5-12(2)11-15-13-6-9-16-14(10-13)7-4-8-14/h12-13,15H,3-11H2,1-2H3. The first-order valence-electron chi connectivity index (χ1n) is 7.11. The third kappa shape index (κ3) is 2.98. The van der Waals surface area contributed by atoms with Crippen molar-refractivity contribution < 1.29 is 4.74 Å². The van der Waals surface area contributed by atoms with E-state index in [1.165, 1.54) is 51.5 Å². The Bertz CT molecular complexity index is 213. The van der Waals surface area contributed by atoms with Crippen molar-refractivity contribution >= 4 is 0 Å². The molecule has 2 unspecified atom stereocenters.